The van der Waals surface area contributed by atoms with Crippen LogP contribution in [0.25, 0.3) is 0 Å². The molecule has 96 valence electrons. The third kappa shape index (κ3) is 2.71. The van der Waals surface area contributed by atoms with Crippen molar-refractivity contribution in [2.75, 3.05) is 11.5 Å². The van der Waals surface area contributed by atoms with E-state index >= 15 is 0 Å². The van der Waals surface area contributed by atoms with Crippen molar-refractivity contribution in [1.29, 1.82) is 0 Å². The van der Waals surface area contributed by atoms with Crippen molar-refractivity contribution in [2.24, 2.45) is 0 Å². The van der Waals surface area contributed by atoms with Crippen molar-refractivity contribution in [3.8, 4) is 0 Å². The molecule has 0 aromatic carbocycles. The molecule has 1 atom stereocenters. The van der Waals surface area contributed by atoms with Crippen LogP contribution >= 0.6 is 27.7 Å². The smallest absolute Gasteiger partial charge is 0.0801 e. The third-order valence-corrected chi connectivity index (χ3v) is 5.42. The molecule has 1 aliphatic heterocycles. The fourth-order valence-corrected chi connectivity index (χ4v) is 4.23. The molecule has 5 heteroatoms. The van der Waals surface area contributed by atoms with Crippen LogP contribution in [0.4, 0.5) is 0 Å². The molecule has 0 spiro atoms. The van der Waals surface area contributed by atoms with Gasteiger partial charge in [-0.15, -0.1) is 0 Å². The van der Waals surface area contributed by atoms with Gasteiger partial charge >= 0.3 is 0 Å². The second-order valence-electron chi connectivity index (χ2n) is 4.58. The van der Waals surface area contributed by atoms with Gasteiger partial charge in [-0.1, -0.05) is 6.92 Å². The molecule has 1 aromatic heterocycles. The van der Waals surface area contributed by atoms with Crippen LogP contribution in [-0.2, 0) is 19.4 Å². The van der Waals surface area contributed by atoms with E-state index < -0.39 is 5.60 Å². The van der Waals surface area contributed by atoms with Crippen LogP contribution < -0.4 is 0 Å². The Morgan fingerprint density at radius 1 is 1.53 bits per heavy atom. The molecule has 1 aromatic rings. The number of thioether (sulfide) groups is 1. The van der Waals surface area contributed by atoms with E-state index in [-0.39, 0.29) is 0 Å². The lowest BCUT2D eigenvalue weighted by Crippen LogP contribution is -2.32. The summed E-state index contributed by atoms with van der Waals surface area (Å²) >= 11 is 5.47. The van der Waals surface area contributed by atoms with Crippen LogP contribution in [0.1, 0.15) is 31.7 Å². The second kappa shape index (κ2) is 5.33. The van der Waals surface area contributed by atoms with Crippen molar-refractivity contribution < 1.29 is 5.11 Å². The highest BCUT2D eigenvalue weighted by Gasteiger charge is 2.34. The number of nitrogens with zero attached hydrogens (tertiary/aromatic N) is 2. The highest BCUT2D eigenvalue weighted by molar-refractivity contribution is 9.10. The number of aliphatic hydroxyl groups is 1. The van der Waals surface area contributed by atoms with Crippen molar-refractivity contribution in [3.63, 3.8) is 0 Å². The first-order valence-corrected chi connectivity index (χ1v) is 8.08. The zero-order valence-electron chi connectivity index (χ0n) is 10.4. The summed E-state index contributed by atoms with van der Waals surface area (Å²) in [7, 11) is 0. The van der Waals surface area contributed by atoms with Gasteiger partial charge in [-0.3, -0.25) is 4.68 Å². The van der Waals surface area contributed by atoms with E-state index in [4.69, 9.17) is 0 Å². The van der Waals surface area contributed by atoms with Gasteiger partial charge in [0.15, 0.2) is 0 Å². The van der Waals surface area contributed by atoms with E-state index in [1.54, 1.807) is 0 Å². The van der Waals surface area contributed by atoms with Gasteiger partial charge in [0.25, 0.3) is 0 Å². The first kappa shape index (κ1) is 13.4. The van der Waals surface area contributed by atoms with Gasteiger partial charge in [-0.25, -0.2) is 0 Å². The summed E-state index contributed by atoms with van der Waals surface area (Å²) in [6, 6.07) is 0. The van der Waals surface area contributed by atoms with Crippen LogP contribution in [-0.4, -0.2) is 32.0 Å². The minimum Gasteiger partial charge on any atom is -0.389 e. The zero-order chi connectivity index (χ0) is 12.5. The van der Waals surface area contributed by atoms with E-state index in [1.807, 2.05) is 16.4 Å². The van der Waals surface area contributed by atoms with Gasteiger partial charge in [-0.05, 0) is 41.4 Å². The highest BCUT2D eigenvalue weighted by atomic mass is 79.9. The molecule has 1 saturated heterocycles. The first-order valence-electron chi connectivity index (χ1n) is 6.14. The van der Waals surface area contributed by atoms with E-state index in [0.29, 0.717) is 6.42 Å². The minimum absolute atomic E-state index is 0.537. The Bertz CT molecular complexity index is 399. The van der Waals surface area contributed by atoms with E-state index in [1.165, 1.54) is 0 Å². The normalized spacial score (nSPS) is 24.5. The second-order valence-corrected chi connectivity index (χ2v) is 6.48. The Balaban J connectivity index is 2.27. The Labute approximate surface area is 115 Å². The standard InChI is InChI=1S/C12H19BrN2OS/c1-3-9-11(13)10(15(4-2)14-9)7-12(16)5-6-17-8-12/h16H,3-8H2,1-2H3. The van der Waals surface area contributed by atoms with Gasteiger partial charge in [0, 0.05) is 18.7 Å². The average molecular weight is 319 g/mol. The maximum absolute atomic E-state index is 10.5. The summed E-state index contributed by atoms with van der Waals surface area (Å²) in [5.74, 6) is 1.91. The monoisotopic (exact) mass is 318 g/mol. The Kier molecular flexibility index (Phi) is 4.21. The summed E-state index contributed by atoms with van der Waals surface area (Å²) in [5, 5.41) is 15.1. The largest absolute Gasteiger partial charge is 0.389 e. The van der Waals surface area contributed by atoms with Gasteiger partial charge in [0.2, 0.25) is 0 Å². The fraction of sp³-hybridized carbons (Fsp3) is 0.750. The molecule has 1 N–H and O–H groups in total. The average Bonchev–Trinajstić information content (AvgIpc) is 2.86. The summed E-state index contributed by atoms with van der Waals surface area (Å²) in [6.45, 7) is 5.06. The summed E-state index contributed by atoms with van der Waals surface area (Å²) in [4.78, 5) is 0. The quantitative estimate of drug-likeness (QED) is 0.927. The Morgan fingerprint density at radius 3 is 2.82 bits per heavy atom. The summed E-state index contributed by atoms with van der Waals surface area (Å²) < 4.78 is 3.11. The third-order valence-electron chi connectivity index (χ3n) is 3.27. The lowest BCUT2D eigenvalue weighted by Gasteiger charge is -2.21. The lowest BCUT2D eigenvalue weighted by atomic mass is 9.97. The topological polar surface area (TPSA) is 38.0 Å². The molecule has 1 unspecified atom stereocenters. The predicted molar refractivity (Wildman–Crippen MR) is 75.6 cm³/mol. The molecule has 2 heterocycles. The van der Waals surface area contributed by atoms with Crippen molar-refractivity contribution in [2.45, 2.75) is 45.3 Å². The number of halogens is 1. The summed E-state index contributed by atoms with van der Waals surface area (Å²) in [6.07, 6.45) is 2.52. The van der Waals surface area contributed by atoms with E-state index in [9.17, 15) is 5.11 Å². The molecular formula is C12H19BrN2OS. The van der Waals surface area contributed by atoms with Gasteiger partial charge < -0.3 is 5.11 Å². The number of hydrogen-bond donors (Lipinski definition) is 1. The molecule has 17 heavy (non-hydrogen) atoms. The minimum atomic E-state index is -0.537. The maximum Gasteiger partial charge on any atom is 0.0801 e. The van der Waals surface area contributed by atoms with Crippen molar-refractivity contribution in [3.05, 3.63) is 15.9 Å². The molecule has 0 saturated carbocycles. The molecule has 0 radical (unpaired) electrons. The molecule has 1 fully saturated rings. The first-order chi connectivity index (χ1) is 8.09. The fourth-order valence-electron chi connectivity index (χ4n) is 2.23. The van der Waals surface area contributed by atoms with Crippen LogP contribution in [0.2, 0.25) is 0 Å². The maximum atomic E-state index is 10.5. The Morgan fingerprint density at radius 2 is 2.29 bits per heavy atom. The molecular weight excluding hydrogens is 300 g/mol. The van der Waals surface area contributed by atoms with Gasteiger partial charge in [0.1, 0.15) is 0 Å². The SMILES string of the molecule is CCc1nn(CC)c(CC2(O)CCSC2)c1Br. The molecule has 0 aliphatic carbocycles. The molecule has 0 amide bonds. The summed E-state index contributed by atoms with van der Waals surface area (Å²) in [5.41, 5.74) is 1.70. The highest BCUT2D eigenvalue weighted by Crippen LogP contribution is 2.33. The van der Waals surface area contributed by atoms with E-state index in [2.05, 4.69) is 34.9 Å². The zero-order valence-corrected chi connectivity index (χ0v) is 12.8. The molecule has 0 bridgehead atoms. The van der Waals surface area contributed by atoms with Crippen molar-refractivity contribution in [1.82, 2.24) is 9.78 Å². The van der Waals surface area contributed by atoms with Crippen LogP contribution in [0, 0.1) is 0 Å². The lowest BCUT2D eigenvalue weighted by molar-refractivity contribution is 0.0662. The van der Waals surface area contributed by atoms with Crippen LogP contribution in [0.5, 0.6) is 0 Å². The molecule has 2 rings (SSSR count). The molecule has 1 aliphatic rings. The van der Waals surface area contributed by atoms with Crippen molar-refractivity contribution >= 4 is 27.7 Å². The van der Waals surface area contributed by atoms with Gasteiger partial charge in [-0.2, -0.15) is 16.9 Å². The van der Waals surface area contributed by atoms with Crippen LogP contribution in [0.3, 0.4) is 0 Å². The Hall–Kier alpha value is -0.000000000000000111. The number of aromatic nitrogens is 2. The number of rotatable bonds is 4. The number of aryl methyl sites for hydroxylation is 2. The predicted octanol–water partition coefficient (Wildman–Crippen LogP) is 2.64. The number of hydrogen-bond acceptors (Lipinski definition) is 3. The van der Waals surface area contributed by atoms with Crippen LogP contribution in [0.15, 0.2) is 4.47 Å². The van der Waals surface area contributed by atoms with E-state index in [0.717, 1.165) is 46.8 Å². The van der Waals surface area contributed by atoms with Gasteiger partial charge in [0.05, 0.1) is 21.5 Å². The molecule has 3 nitrogen and oxygen atoms in total.